The van der Waals surface area contributed by atoms with E-state index in [1.165, 1.54) is 6.07 Å². The summed E-state index contributed by atoms with van der Waals surface area (Å²) in [6, 6.07) is 5.46. The molecule has 0 saturated carbocycles. The molecule has 0 amide bonds. The van der Waals surface area contributed by atoms with Crippen LogP contribution in [0.15, 0.2) is 22.7 Å². The molecular weight excluding hydrogens is 297 g/mol. The minimum atomic E-state index is -0.154. The van der Waals surface area contributed by atoms with Gasteiger partial charge in [0.1, 0.15) is 5.82 Å². The van der Waals surface area contributed by atoms with Crippen molar-refractivity contribution in [2.45, 2.75) is 32.2 Å². The summed E-state index contributed by atoms with van der Waals surface area (Å²) in [6.07, 6.45) is 2.61. The van der Waals surface area contributed by atoms with Gasteiger partial charge in [-0.15, -0.1) is 0 Å². The average Bonchev–Trinajstić information content (AvgIpc) is 2.35. The summed E-state index contributed by atoms with van der Waals surface area (Å²) in [5, 5.41) is 3.21. The van der Waals surface area contributed by atoms with Gasteiger partial charge in [0.05, 0.1) is 0 Å². The van der Waals surface area contributed by atoms with Gasteiger partial charge in [-0.3, -0.25) is 0 Å². The van der Waals surface area contributed by atoms with Crippen molar-refractivity contribution in [1.82, 2.24) is 5.32 Å². The minimum absolute atomic E-state index is 0.154. The Hall–Kier alpha value is -0.450. The van der Waals surface area contributed by atoms with E-state index < -0.39 is 0 Å². The fourth-order valence-corrected chi connectivity index (χ4v) is 2.11. The summed E-state index contributed by atoms with van der Waals surface area (Å²) in [7, 11) is 1.90. The first kappa shape index (κ1) is 15.6. The Labute approximate surface area is 117 Å². The van der Waals surface area contributed by atoms with Crippen LogP contribution in [-0.2, 0) is 11.2 Å². The summed E-state index contributed by atoms with van der Waals surface area (Å²) < 4.78 is 19.9. The molecular formula is C14H21BrFNO. The van der Waals surface area contributed by atoms with E-state index in [-0.39, 0.29) is 11.9 Å². The van der Waals surface area contributed by atoms with Crippen molar-refractivity contribution < 1.29 is 9.13 Å². The van der Waals surface area contributed by atoms with Crippen molar-refractivity contribution in [3.63, 3.8) is 0 Å². The van der Waals surface area contributed by atoms with Gasteiger partial charge in [0.25, 0.3) is 0 Å². The molecule has 18 heavy (non-hydrogen) atoms. The highest BCUT2D eigenvalue weighted by molar-refractivity contribution is 9.10. The highest BCUT2D eigenvalue weighted by atomic mass is 79.9. The predicted molar refractivity (Wildman–Crippen MR) is 76.4 cm³/mol. The maximum Gasteiger partial charge on any atom is 0.127 e. The number of nitrogens with one attached hydrogen (secondary N) is 1. The molecule has 0 aliphatic rings. The second-order valence-electron chi connectivity index (χ2n) is 4.33. The molecule has 102 valence electrons. The number of ether oxygens (including phenoxy) is 1. The first-order valence-corrected chi connectivity index (χ1v) is 7.15. The van der Waals surface area contributed by atoms with Crippen molar-refractivity contribution in [1.29, 1.82) is 0 Å². The lowest BCUT2D eigenvalue weighted by molar-refractivity contribution is 0.125. The van der Waals surface area contributed by atoms with Gasteiger partial charge in [0.15, 0.2) is 0 Å². The molecule has 0 saturated heterocycles. The van der Waals surface area contributed by atoms with Crippen LogP contribution < -0.4 is 5.32 Å². The van der Waals surface area contributed by atoms with Crippen molar-refractivity contribution in [3.05, 3.63) is 34.1 Å². The van der Waals surface area contributed by atoms with E-state index >= 15 is 0 Å². The van der Waals surface area contributed by atoms with Crippen LogP contribution in [0.3, 0.4) is 0 Å². The smallest absolute Gasteiger partial charge is 0.127 e. The second-order valence-corrected chi connectivity index (χ2v) is 5.24. The topological polar surface area (TPSA) is 21.3 Å². The average molecular weight is 318 g/mol. The number of hydrogen-bond acceptors (Lipinski definition) is 2. The minimum Gasteiger partial charge on any atom is -0.381 e. The third-order valence-corrected chi connectivity index (χ3v) is 3.34. The monoisotopic (exact) mass is 317 g/mol. The van der Waals surface area contributed by atoms with E-state index in [1.807, 2.05) is 19.2 Å². The van der Waals surface area contributed by atoms with Gasteiger partial charge >= 0.3 is 0 Å². The molecule has 1 atom stereocenters. The Morgan fingerprint density at radius 2 is 2.17 bits per heavy atom. The van der Waals surface area contributed by atoms with E-state index in [0.29, 0.717) is 6.42 Å². The zero-order chi connectivity index (χ0) is 13.4. The van der Waals surface area contributed by atoms with E-state index in [0.717, 1.165) is 36.1 Å². The summed E-state index contributed by atoms with van der Waals surface area (Å²) >= 11 is 3.26. The lowest BCUT2D eigenvalue weighted by Gasteiger charge is -2.16. The molecule has 1 rings (SSSR count). The van der Waals surface area contributed by atoms with Crippen molar-refractivity contribution in [2.24, 2.45) is 0 Å². The van der Waals surface area contributed by atoms with Gasteiger partial charge in [-0.25, -0.2) is 4.39 Å². The second kappa shape index (κ2) is 8.62. The Balaban J connectivity index is 2.46. The first-order chi connectivity index (χ1) is 8.67. The third kappa shape index (κ3) is 5.46. The molecule has 1 N–H and O–H groups in total. The molecule has 0 heterocycles. The van der Waals surface area contributed by atoms with Crippen LogP contribution in [0.1, 0.15) is 25.3 Å². The summed E-state index contributed by atoms with van der Waals surface area (Å²) in [6.45, 7) is 3.60. The number of likely N-dealkylation sites (N-methyl/N-ethyl adjacent to an activating group) is 1. The van der Waals surface area contributed by atoms with E-state index in [2.05, 4.69) is 28.2 Å². The van der Waals surface area contributed by atoms with Gasteiger partial charge < -0.3 is 10.1 Å². The molecule has 4 heteroatoms. The van der Waals surface area contributed by atoms with Crippen LogP contribution in [0.25, 0.3) is 0 Å². The molecule has 2 nitrogen and oxygen atoms in total. The summed E-state index contributed by atoms with van der Waals surface area (Å²) in [4.78, 5) is 0. The molecule has 0 bridgehead atoms. The van der Waals surface area contributed by atoms with Crippen molar-refractivity contribution >= 4 is 15.9 Å². The Bertz CT molecular complexity index is 360. The number of halogens is 2. The first-order valence-electron chi connectivity index (χ1n) is 6.36. The standard InChI is InChI=1S/C14H21BrFNO/c1-3-7-18-8-6-13(17-2)9-11-4-5-12(15)10-14(11)16/h4-5,10,13,17H,3,6-9H2,1-2H3. The van der Waals surface area contributed by atoms with E-state index in [1.54, 1.807) is 0 Å². The fourth-order valence-electron chi connectivity index (χ4n) is 1.77. The van der Waals surface area contributed by atoms with Gasteiger partial charge in [0, 0.05) is 23.7 Å². The fraction of sp³-hybridized carbons (Fsp3) is 0.571. The van der Waals surface area contributed by atoms with Crippen molar-refractivity contribution in [3.8, 4) is 0 Å². The Morgan fingerprint density at radius 3 is 2.78 bits per heavy atom. The summed E-state index contributed by atoms with van der Waals surface area (Å²) in [5.74, 6) is -0.154. The predicted octanol–water partition coefficient (Wildman–Crippen LogP) is 3.54. The van der Waals surface area contributed by atoms with Crippen LogP contribution >= 0.6 is 15.9 Å². The zero-order valence-electron chi connectivity index (χ0n) is 11.0. The summed E-state index contributed by atoms with van der Waals surface area (Å²) in [5.41, 5.74) is 0.744. The van der Waals surface area contributed by atoms with Gasteiger partial charge in [-0.05, 0) is 44.0 Å². The van der Waals surface area contributed by atoms with Crippen LogP contribution in [-0.4, -0.2) is 26.3 Å². The molecule has 1 aromatic carbocycles. The molecule has 0 spiro atoms. The Morgan fingerprint density at radius 1 is 1.39 bits per heavy atom. The molecule has 0 radical (unpaired) electrons. The molecule has 0 aromatic heterocycles. The normalized spacial score (nSPS) is 12.7. The lowest BCUT2D eigenvalue weighted by Crippen LogP contribution is -2.29. The van der Waals surface area contributed by atoms with Crippen LogP contribution in [0.5, 0.6) is 0 Å². The lowest BCUT2D eigenvalue weighted by atomic mass is 10.0. The largest absolute Gasteiger partial charge is 0.381 e. The van der Waals surface area contributed by atoms with E-state index in [4.69, 9.17) is 4.74 Å². The van der Waals surface area contributed by atoms with Gasteiger partial charge in [-0.2, -0.15) is 0 Å². The number of rotatable bonds is 8. The van der Waals surface area contributed by atoms with Crippen molar-refractivity contribution in [2.75, 3.05) is 20.3 Å². The zero-order valence-corrected chi connectivity index (χ0v) is 12.6. The van der Waals surface area contributed by atoms with Gasteiger partial charge in [-0.1, -0.05) is 28.9 Å². The molecule has 0 fully saturated rings. The van der Waals surface area contributed by atoms with Crippen LogP contribution in [0.2, 0.25) is 0 Å². The highest BCUT2D eigenvalue weighted by Crippen LogP contribution is 2.17. The molecule has 0 aliphatic heterocycles. The molecule has 1 unspecified atom stereocenters. The van der Waals surface area contributed by atoms with Crippen LogP contribution in [0.4, 0.5) is 4.39 Å². The third-order valence-electron chi connectivity index (χ3n) is 2.85. The van der Waals surface area contributed by atoms with Gasteiger partial charge in [0.2, 0.25) is 0 Å². The SMILES string of the molecule is CCCOCCC(Cc1ccc(Br)cc1F)NC. The van der Waals surface area contributed by atoms with E-state index in [9.17, 15) is 4.39 Å². The number of benzene rings is 1. The maximum absolute atomic E-state index is 13.7. The number of hydrogen-bond donors (Lipinski definition) is 1. The Kier molecular flexibility index (Phi) is 7.47. The molecule has 0 aliphatic carbocycles. The highest BCUT2D eigenvalue weighted by Gasteiger charge is 2.10. The quantitative estimate of drug-likeness (QED) is 0.740. The van der Waals surface area contributed by atoms with Crippen LogP contribution in [0, 0.1) is 5.82 Å². The molecule has 1 aromatic rings. The maximum atomic E-state index is 13.7.